The fourth-order valence-corrected chi connectivity index (χ4v) is 3.45. The van der Waals surface area contributed by atoms with Crippen molar-refractivity contribution in [1.82, 2.24) is 20.2 Å². The van der Waals surface area contributed by atoms with E-state index in [2.05, 4.69) is 50.8 Å². The van der Waals surface area contributed by atoms with Gasteiger partial charge >= 0.3 is 0 Å². The highest BCUT2D eigenvalue weighted by Gasteiger charge is 2.41. The van der Waals surface area contributed by atoms with Crippen LogP contribution in [0.3, 0.4) is 0 Å². The Labute approximate surface area is 112 Å². The van der Waals surface area contributed by atoms with E-state index < -0.39 is 0 Å². The molecule has 1 aliphatic carbocycles. The van der Waals surface area contributed by atoms with Gasteiger partial charge in [-0.2, -0.15) is 0 Å². The summed E-state index contributed by atoms with van der Waals surface area (Å²) in [5.74, 6) is 0.945. The van der Waals surface area contributed by atoms with E-state index in [0.717, 1.165) is 12.5 Å². The van der Waals surface area contributed by atoms with Crippen molar-refractivity contribution in [2.75, 3.05) is 4.90 Å². The zero-order valence-corrected chi connectivity index (χ0v) is 10.8. The van der Waals surface area contributed by atoms with E-state index in [1.54, 1.807) is 0 Å². The summed E-state index contributed by atoms with van der Waals surface area (Å²) < 4.78 is 2.03. The fourth-order valence-electron chi connectivity index (χ4n) is 3.45. The van der Waals surface area contributed by atoms with Crippen LogP contribution in [0.25, 0.3) is 0 Å². The monoisotopic (exact) mass is 255 g/mol. The van der Waals surface area contributed by atoms with Crippen LogP contribution in [0.4, 0.5) is 5.95 Å². The summed E-state index contributed by atoms with van der Waals surface area (Å²) in [5, 5.41) is 12.3. The Morgan fingerprint density at radius 3 is 2.68 bits per heavy atom. The molecule has 2 atom stereocenters. The molecule has 0 unspecified atom stereocenters. The normalized spacial score (nSPS) is 25.2. The summed E-state index contributed by atoms with van der Waals surface area (Å²) in [4.78, 5) is 2.39. The summed E-state index contributed by atoms with van der Waals surface area (Å²) in [6, 6.07) is 11.6. The second kappa shape index (κ2) is 4.33. The minimum Gasteiger partial charge on any atom is -0.330 e. The van der Waals surface area contributed by atoms with Crippen molar-refractivity contribution in [2.45, 2.75) is 44.3 Å². The maximum absolute atomic E-state index is 4.23. The first-order valence-corrected chi connectivity index (χ1v) is 7.02. The Bertz CT molecular complexity index is 564. The lowest BCUT2D eigenvalue weighted by Gasteiger charge is -2.31. The first-order chi connectivity index (χ1) is 9.43. The van der Waals surface area contributed by atoms with Gasteiger partial charge in [0, 0.05) is 6.54 Å². The molecule has 1 aliphatic heterocycles. The van der Waals surface area contributed by atoms with Crippen LogP contribution in [0, 0.1) is 0 Å². The number of hydrogen-bond acceptors (Lipinski definition) is 4. The van der Waals surface area contributed by atoms with E-state index in [4.69, 9.17) is 0 Å². The van der Waals surface area contributed by atoms with Gasteiger partial charge in [-0.05, 0) is 28.8 Å². The largest absolute Gasteiger partial charge is 0.330 e. The number of rotatable bonds is 2. The van der Waals surface area contributed by atoms with Gasteiger partial charge in [0.15, 0.2) is 0 Å². The maximum atomic E-state index is 4.23. The molecule has 1 fully saturated rings. The minimum absolute atomic E-state index is 0.475. The summed E-state index contributed by atoms with van der Waals surface area (Å²) in [5.41, 5.74) is 1.32. The van der Waals surface area contributed by atoms with E-state index in [1.807, 2.05) is 4.68 Å². The Morgan fingerprint density at radius 2 is 1.84 bits per heavy atom. The van der Waals surface area contributed by atoms with E-state index in [0.29, 0.717) is 12.1 Å². The van der Waals surface area contributed by atoms with Crippen molar-refractivity contribution in [3.63, 3.8) is 0 Å². The number of benzene rings is 1. The molecule has 0 N–H and O–H groups in total. The van der Waals surface area contributed by atoms with Crippen molar-refractivity contribution in [3.8, 4) is 0 Å². The van der Waals surface area contributed by atoms with Gasteiger partial charge < -0.3 is 4.90 Å². The fraction of sp³-hybridized carbons (Fsp3) is 0.500. The van der Waals surface area contributed by atoms with Crippen LogP contribution in [0.1, 0.15) is 37.3 Å². The molecular weight excluding hydrogens is 238 g/mol. The standard InChI is InChI=1S/C14H17N5/c1-2-6-11(7-3-1)10-18-12-8-4-5-9-13(12)19-14(18)15-16-17-19/h1-3,6-7,12-13H,4-5,8-10H2/t12-,13-/m1/s1. The number of nitrogens with zero attached hydrogens (tertiary/aromatic N) is 5. The van der Waals surface area contributed by atoms with Gasteiger partial charge in [-0.25, -0.2) is 4.68 Å². The van der Waals surface area contributed by atoms with Crippen LogP contribution in [0.15, 0.2) is 30.3 Å². The van der Waals surface area contributed by atoms with E-state index in [-0.39, 0.29) is 0 Å². The lowest BCUT2D eigenvalue weighted by atomic mass is 9.90. The Hall–Kier alpha value is -1.91. The molecule has 4 rings (SSSR count). The van der Waals surface area contributed by atoms with E-state index >= 15 is 0 Å². The van der Waals surface area contributed by atoms with Gasteiger partial charge in [0.05, 0.1) is 12.1 Å². The molecule has 5 nitrogen and oxygen atoms in total. The first-order valence-electron chi connectivity index (χ1n) is 7.02. The second-order valence-corrected chi connectivity index (χ2v) is 5.46. The third kappa shape index (κ3) is 1.72. The highest BCUT2D eigenvalue weighted by molar-refractivity contribution is 5.39. The number of tetrazole rings is 1. The zero-order valence-electron chi connectivity index (χ0n) is 10.8. The molecule has 2 heterocycles. The Morgan fingerprint density at radius 1 is 1.05 bits per heavy atom. The summed E-state index contributed by atoms with van der Waals surface area (Å²) in [7, 11) is 0. The summed E-state index contributed by atoms with van der Waals surface area (Å²) in [6.07, 6.45) is 5.04. The van der Waals surface area contributed by atoms with Crippen molar-refractivity contribution in [3.05, 3.63) is 35.9 Å². The second-order valence-electron chi connectivity index (χ2n) is 5.46. The number of anilines is 1. The van der Waals surface area contributed by atoms with Crippen LogP contribution in [-0.2, 0) is 6.54 Å². The molecule has 5 heteroatoms. The predicted octanol–water partition coefficient (Wildman–Crippen LogP) is 2.18. The smallest absolute Gasteiger partial charge is 0.246 e. The molecule has 1 aromatic heterocycles. The van der Waals surface area contributed by atoms with Crippen LogP contribution >= 0.6 is 0 Å². The van der Waals surface area contributed by atoms with Crippen LogP contribution in [0.2, 0.25) is 0 Å². The molecule has 0 radical (unpaired) electrons. The topological polar surface area (TPSA) is 46.8 Å². The molecule has 0 bridgehead atoms. The number of fused-ring (bicyclic) bond motifs is 3. The number of aromatic nitrogens is 4. The highest BCUT2D eigenvalue weighted by Crippen LogP contribution is 2.41. The number of hydrogen-bond donors (Lipinski definition) is 0. The van der Waals surface area contributed by atoms with Crippen molar-refractivity contribution in [1.29, 1.82) is 0 Å². The summed E-state index contributed by atoms with van der Waals surface area (Å²) in [6.45, 7) is 0.905. The summed E-state index contributed by atoms with van der Waals surface area (Å²) >= 11 is 0. The quantitative estimate of drug-likeness (QED) is 0.825. The molecule has 2 aliphatic rings. The Balaban J connectivity index is 1.67. The van der Waals surface area contributed by atoms with Gasteiger partial charge in [-0.15, -0.1) is 0 Å². The van der Waals surface area contributed by atoms with Gasteiger partial charge in [-0.3, -0.25) is 0 Å². The average molecular weight is 255 g/mol. The molecular formula is C14H17N5. The van der Waals surface area contributed by atoms with Crippen LogP contribution in [0.5, 0.6) is 0 Å². The maximum Gasteiger partial charge on any atom is 0.246 e. The molecule has 0 spiro atoms. The van der Waals surface area contributed by atoms with Crippen molar-refractivity contribution >= 4 is 5.95 Å². The van der Waals surface area contributed by atoms with Gasteiger partial charge in [0.2, 0.25) is 5.95 Å². The Kier molecular flexibility index (Phi) is 2.50. The lowest BCUT2D eigenvalue weighted by molar-refractivity contribution is 0.308. The van der Waals surface area contributed by atoms with E-state index in [1.165, 1.54) is 31.2 Å². The minimum atomic E-state index is 0.475. The van der Waals surface area contributed by atoms with Crippen LogP contribution in [-0.4, -0.2) is 26.2 Å². The van der Waals surface area contributed by atoms with Gasteiger partial charge in [0.25, 0.3) is 0 Å². The van der Waals surface area contributed by atoms with Gasteiger partial charge in [-0.1, -0.05) is 48.3 Å². The zero-order chi connectivity index (χ0) is 12.7. The van der Waals surface area contributed by atoms with Crippen molar-refractivity contribution < 1.29 is 0 Å². The average Bonchev–Trinajstić information content (AvgIpc) is 3.04. The third-order valence-electron chi connectivity index (χ3n) is 4.34. The lowest BCUT2D eigenvalue weighted by Crippen LogP contribution is -2.36. The van der Waals surface area contributed by atoms with Crippen LogP contribution < -0.4 is 4.90 Å². The molecule has 1 aromatic carbocycles. The van der Waals surface area contributed by atoms with E-state index in [9.17, 15) is 0 Å². The highest BCUT2D eigenvalue weighted by atomic mass is 15.6. The molecule has 1 saturated carbocycles. The predicted molar refractivity (Wildman–Crippen MR) is 71.7 cm³/mol. The molecule has 0 amide bonds. The van der Waals surface area contributed by atoms with Crippen molar-refractivity contribution in [2.24, 2.45) is 0 Å². The molecule has 0 saturated heterocycles. The third-order valence-corrected chi connectivity index (χ3v) is 4.34. The molecule has 98 valence electrons. The SMILES string of the molecule is c1ccc(CN2c3nnnn3[C@@H]3CCCC[C@H]32)cc1. The first kappa shape index (κ1) is 11.0. The van der Waals surface area contributed by atoms with Gasteiger partial charge in [0.1, 0.15) is 0 Å². The molecule has 19 heavy (non-hydrogen) atoms. The molecule has 2 aromatic rings.